The minimum atomic E-state index is -0.620. The van der Waals surface area contributed by atoms with Crippen LogP contribution in [0.1, 0.15) is 33.1 Å². The topological polar surface area (TPSA) is 46.5 Å². The average molecular weight is 188 g/mol. The Morgan fingerprint density at radius 3 is 2.23 bits per heavy atom. The number of carbonyl (C=O) groups is 1. The van der Waals surface area contributed by atoms with Crippen molar-refractivity contribution in [1.82, 2.24) is 0 Å². The van der Waals surface area contributed by atoms with Crippen molar-refractivity contribution < 1.29 is 14.6 Å². The molecule has 78 valence electrons. The van der Waals surface area contributed by atoms with E-state index in [9.17, 15) is 4.79 Å². The molecule has 0 aromatic heterocycles. The van der Waals surface area contributed by atoms with Gasteiger partial charge in [-0.25, -0.2) is 4.79 Å². The van der Waals surface area contributed by atoms with Gasteiger partial charge in [-0.15, -0.1) is 0 Å². The molecule has 0 saturated heterocycles. The zero-order valence-electron chi connectivity index (χ0n) is 8.58. The van der Waals surface area contributed by atoms with Crippen LogP contribution in [-0.4, -0.2) is 24.3 Å². The quantitative estimate of drug-likeness (QED) is 0.529. The number of ether oxygens (including phenoxy) is 1. The molecule has 3 nitrogen and oxygen atoms in total. The predicted octanol–water partition coefficient (Wildman–Crippen LogP) is 1.90. The van der Waals surface area contributed by atoms with Crippen molar-refractivity contribution in [1.29, 1.82) is 0 Å². The predicted molar refractivity (Wildman–Crippen MR) is 53.4 cm³/mol. The minimum absolute atomic E-state index is 0.166. The third kappa shape index (κ3) is 18.3. The minimum Gasteiger partial charge on any atom is -0.460 e. The van der Waals surface area contributed by atoms with Gasteiger partial charge in [-0.05, 0) is 0 Å². The molecule has 0 fully saturated rings. The molecule has 0 bridgehead atoms. The lowest BCUT2D eigenvalue weighted by Crippen LogP contribution is -2.08. The van der Waals surface area contributed by atoms with Gasteiger partial charge < -0.3 is 9.84 Å². The van der Waals surface area contributed by atoms with E-state index in [0.29, 0.717) is 0 Å². The first kappa shape index (κ1) is 14.7. The Balaban J connectivity index is 0. The van der Waals surface area contributed by atoms with Crippen LogP contribution in [0.25, 0.3) is 0 Å². The van der Waals surface area contributed by atoms with Crippen LogP contribution in [0.15, 0.2) is 12.7 Å². The van der Waals surface area contributed by atoms with Crippen LogP contribution in [0.5, 0.6) is 0 Å². The number of esters is 1. The van der Waals surface area contributed by atoms with Crippen LogP contribution >= 0.6 is 0 Å². The SMILES string of the molecule is C=CCOC(=O)CO.CCCCC. The number of carbonyl (C=O) groups excluding carboxylic acids is 1. The molecule has 0 aliphatic heterocycles. The Kier molecular flexibility index (Phi) is 15.5. The molecule has 13 heavy (non-hydrogen) atoms. The summed E-state index contributed by atoms with van der Waals surface area (Å²) in [4.78, 5) is 10.1. The normalized spacial score (nSPS) is 8.23. The third-order valence-corrected chi connectivity index (χ3v) is 1.20. The average Bonchev–Trinajstić information content (AvgIpc) is 2.16. The molecule has 0 unspecified atom stereocenters. The van der Waals surface area contributed by atoms with E-state index < -0.39 is 12.6 Å². The highest BCUT2D eigenvalue weighted by atomic mass is 16.5. The van der Waals surface area contributed by atoms with Crippen molar-refractivity contribution in [3.05, 3.63) is 12.7 Å². The summed E-state index contributed by atoms with van der Waals surface area (Å²) < 4.78 is 4.33. The van der Waals surface area contributed by atoms with E-state index in [0.717, 1.165) is 0 Å². The molecule has 1 N–H and O–H groups in total. The first-order valence-corrected chi connectivity index (χ1v) is 4.60. The number of unbranched alkanes of at least 4 members (excludes halogenated alkanes) is 2. The van der Waals surface area contributed by atoms with Crippen LogP contribution in [0.2, 0.25) is 0 Å². The fourth-order valence-corrected chi connectivity index (χ4v) is 0.551. The van der Waals surface area contributed by atoms with Crippen molar-refractivity contribution >= 4 is 5.97 Å². The maximum Gasteiger partial charge on any atom is 0.332 e. The zero-order valence-corrected chi connectivity index (χ0v) is 8.58. The summed E-state index contributed by atoms with van der Waals surface area (Å²) >= 11 is 0. The van der Waals surface area contributed by atoms with Crippen LogP contribution in [0, 0.1) is 0 Å². The molecule has 0 aliphatic rings. The van der Waals surface area contributed by atoms with E-state index in [2.05, 4.69) is 25.2 Å². The highest BCUT2D eigenvalue weighted by molar-refractivity contribution is 5.70. The van der Waals surface area contributed by atoms with Crippen molar-refractivity contribution in [2.24, 2.45) is 0 Å². The molecule has 0 aliphatic carbocycles. The fraction of sp³-hybridized carbons (Fsp3) is 0.700. The van der Waals surface area contributed by atoms with Gasteiger partial charge in [0.1, 0.15) is 13.2 Å². The van der Waals surface area contributed by atoms with Gasteiger partial charge in [0.15, 0.2) is 0 Å². The molecule has 3 heteroatoms. The number of hydrogen-bond donors (Lipinski definition) is 1. The second-order valence-corrected chi connectivity index (χ2v) is 2.48. The second kappa shape index (κ2) is 13.7. The van der Waals surface area contributed by atoms with Gasteiger partial charge in [-0.1, -0.05) is 45.8 Å². The van der Waals surface area contributed by atoms with Crippen molar-refractivity contribution in [3.63, 3.8) is 0 Å². The maximum atomic E-state index is 10.1. The molecule has 0 aromatic carbocycles. The van der Waals surface area contributed by atoms with E-state index in [1.54, 1.807) is 0 Å². The van der Waals surface area contributed by atoms with Gasteiger partial charge in [0, 0.05) is 0 Å². The van der Waals surface area contributed by atoms with E-state index in [1.165, 1.54) is 25.3 Å². The highest BCUT2D eigenvalue weighted by Crippen LogP contribution is 1.88. The molecule has 0 radical (unpaired) electrons. The Morgan fingerprint density at radius 1 is 1.46 bits per heavy atom. The van der Waals surface area contributed by atoms with Crippen molar-refractivity contribution in [2.75, 3.05) is 13.2 Å². The lowest BCUT2D eigenvalue weighted by atomic mass is 10.3. The molecule has 0 saturated carbocycles. The summed E-state index contributed by atoms with van der Waals surface area (Å²) in [5, 5.41) is 8.05. The van der Waals surface area contributed by atoms with Crippen LogP contribution in [0.3, 0.4) is 0 Å². The molecular formula is C10H20O3. The number of hydrogen-bond acceptors (Lipinski definition) is 3. The van der Waals surface area contributed by atoms with Gasteiger partial charge >= 0.3 is 5.97 Å². The van der Waals surface area contributed by atoms with Gasteiger partial charge in [-0.2, -0.15) is 0 Å². The van der Waals surface area contributed by atoms with Gasteiger partial charge in [0.05, 0.1) is 0 Å². The summed E-state index contributed by atoms with van der Waals surface area (Å²) in [6.07, 6.45) is 5.51. The van der Waals surface area contributed by atoms with Crippen molar-refractivity contribution in [3.8, 4) is 0 Å². The maximum absolute atomic E-state index is 10.1. The zero-order chi connectivity index (χ0) is 10.5. The van der Waals surface area contributed by atoms with E-state index in [1.807, 2.05) is 0 Å². The first-order chi connectivity index (χ1) is 6.22. The second-order valence-electron chi connectivity index (χ2n) is 2.48. The standard InChI is InChI=1S/C5H8O3.C5H12/c1-2-3-8-5(7)4-6;1-3-5-4-2/h2,6H,1,3-4H2;3-5H2,1-2H3. The number of aliphatic hydroxyl groups is 1. The largest absolute Gasteiger partial charge is 0.460 e. The number of aliphatic hydroxyl groups excluding tert-OH is 1. The van der Waals surface area contributed by atoms with E-state index in [-0.39, 0.29) is 6.61 Å². The first-order valence-electron chi connectivity index (χ1n) is 4.60. The third-order valence-electron chi connectivity index (χ3n) is 1.20. The smallest absolute Gasteiger partial charge is 0.332 e. The Bertz CT molecular complexity index is 119. The fourth-order valence-electron chi connectivity index (χ4n) is 0.551. The summed E-state index contributed by atoms with van der Waals surface area (Å²) in [7, 11) is 0. The summed E-state index contributed by atoms with van der Waals surface area (Å²) in [5.74, 6) is -0.620. The molecule has 0 amide bonds. The highest BCUT2D eigenvalue weighted by Gasteiger charge is 1.93. The monoisotopic (exact) mass is 188 g/mol. The molecule has 0 atom stereocenters. The van der Waals surface area contributed by atoms with Gasteiger partial charge in [0.25, 0.3) is 0 Å². The Labute approximate surface area is 80.4 Å². The Morgan fingerprint density at radius 2 is 2.00 bits per heavy atom. The van der Waals surface area contributed by atoms with Crippen LogP contribution in [0.4, 0.5) is 0 Å². The molecule has 0 heterocycles. The van der Waals surface area contributed by atoms with E-state index >= 15 is 0 Å². The summed E-state index contributed by atoms with van der Waals surface area (Å²) in [6.45, 7) is 7.34. The Hall–Kier alpha value is -0.830. The molecule has 0 spiro atoms. The van der Waals surface area contributed by atoms with Crippen LogP contribution in [-0.2, 0) is 9.53 Å². The van der Waals surface area contributed by atoms with E-state index in [4.69, 9.17) is 5.11 Å². The number of rotatable bonds is 5. The van der Waals surface area contributed by atoms with Crippen molar-refractivity contribution in [2.45, 2.75) is 33.1 Å². The van der Waals surface area contributed by atoms with Crippen LogP contribution < -0.4 is 0 Å². The lowest BCUT2D eigenvalue weighted by molar-refractivity contribution is -0.145. The summed E-state index contributed by atoms with van der Waals surface area (Å²) in [6, 6.07) is 0. The summed E-state index contributed by atoms with van der Waals surface area (Å²) in [5.41, 5.74) is 0. The molecular weight excluding hydrogens is 168 g/mol. The molecule has 0 rings (SSSR count). The van der Waals surface area contributed by atoms with Gasteiger partial charge in [-0.3, -0.25) is 0 Å². The lowest BCUT2D eigenvalue weighted by Gasteiger charge is -1.94. The molecule has 0 aromatic rings. The van der Waals surface area contributed by atoms with Gasteiger partial charge in [0.2, 0.25) is 0 Å².